The Hall–Kier alpha value is -0.420. The molecule has 3 nitrogen and oxygen atoms in total. The fourth-order valence-electron chi connectivity index (χ4n) is 1.56. The molecule has 1 heterocycles. The van der Waals surface area contributed by atoms with E-state index in [0.717, 1.165) is 12.8 Å². The lowest BCUT2D eigenvalue weighted by molar-refractivity contribution is 0.00711. The van der Waals surface area contributed by atoms with Gasteiger partial charge in [0.25, 0.3) is 0 Å². The SMILES string of the molecule is COC(C)(C)CC(Cc1ccsc1)NN. The van der Waals surface area contributed by atoms with Crippen LogP contribution in [-0.4, -0.2) is 18.8 Å². The number of methoxy groups -OCH3 is 1. The lowest BCUT2D eigenvalue weighted by atomic mass is 9.95. The molecule has 1 atom stereocenters. The molecule has 0 fully saturated rings. The topological polar surface area (TPSA) is 47.3 Å². The van der Waals surface area contributed by atoms with E-state index >= 15 is 0 Å². The molecule has 86 valence electrons. The van der Waals surface area contributed by atoms with E-state index in [4.69, 9.17) is 10.6 Å². The van der Waals surface area contributed by atoms with E-state index in [0.29, 0.717) is 0 Å². The van der Waals surface area contributed by atoms with Crippen molar-refractivity contribution in [3.05, 3.63) is 22.4 Å². The molecule has 0 aliphatic rings. The predicted molar refractivity (Wildman–Crippen MR) is 64.8 cm³/mol. The minimum atomic E-state index is -0.132. The molecular formula is C11H20N2OS. The third-order valence-corrected chi connectivity index (χ3v) is 3.32. The largest absolute Gasteiger partial charge is 0.379 e. The first-order valence-electron chi connectivity index (χ1n) is 5.10. The molecule has 3 N–H and O–H groups in total. The van der Waals surface area contributed by atoms with Crippen LogP contribution in [0.2, 0.25) is 0 Å². The molecule has 1 unspecified atom stereocenters. The number of hydrogen-bond donors (Lipinski definition) is 2. The van der Waals surface area contributed by atoms with Crippen LogP contribution in [0.4, 0.5) is 0 Å². The third kappa shape index (κ3) is 4.30. The summed E-state index contributed by atoms with van der Waals surface area (Å²) in [5.74, 6) is 5.55. The summed E-state index contributed by atoms with van der Waals surface area (Å²) in [4.78, 5) is 0. The number of nitrogens with one attached hydrogen (secondary N) is 1. The van der Waals surface area contributed by atoms with Gasteiger partial charge in [-0.3, -0.25) is 11.3 Å². The lowest BCUT2D eigenvalue weighted by Gasteiger charge is -2.28. The van der Waals surface area contributed by atoms with Crippen LogP contribution in [-0.2, 0) is 11.2 Å². The molecular weight excluding hydrogens is 208 g/mol. The normalized spacial score (nSPS) is 14.1. The van der Waals surface area contributed by atoms with Gasteiger partial charge in [0.15, 0.2) is 0 Å². The maximum absolute atomic E-state index is 5.55. The Labute approximate surface area is 95.6 Å². The van der Waals surface area contributed by atoms with Gasteiger partial charge in [0.1, 0.15) is 0 Å². The second kappa shape index (κ2) is 5.61. The van der Waals surface area contributed by atoms with Gasteiger partial charge >= 0.3 is 0 Å². The summed E-state index contributed by atoms with van der Waals surface area (Å²) >= 11 is 1.72. The summed E-state index contributed by atoms with van der Waals surface area (Å²) in [5.41, 5.74) is 4.05. The minimum absolute atomic E-state index is 0.132. The molecule has 0 radical (unpaired) electrons. The minimum Gasteiger partial charge on any atom is -0.379 e. The molecule has 15 heavy (non-hydrogen) atoms. The average Bonchev–Trinajstić information content (AvgIpc) is 2.69. The van der Waals surface area contributed by atoms with E-state index < -0.39 is 0 Å². The number of hydrogen-bond acceptors (Lipinski definition) is 4. The summed E-state index contributed by atoms with van der Waals surface area (Å²) in [6.07, 6.45) is 1.85. The van der Waals surface area contributed by atoms with Gasteiger partial charge in [-0.1, -0.05) is 0 Å². The Bertz CT molecular complexity index is 272. The molecule has 0 bridgehead atoms. The second-order valence-corrected chi connectivity index (χ2v) is 5.15. The zero-order valence-electron chi connectivity index (χ0n) is 9.62. The van der Waals surface area contributed by atoms with Gasteiger partial charge in [0.2, 0.25) is 0 Å². The van der Waals surface area contributed by atoms with Gasteiger partial charge in [-0.25, -0.2) is 0 Å². The number of hydrazine groups is 1. The fourth-order valence-corrected chi connectivity index (χ4v) is 2.24. The monoisotopic (exact) mass is 228 g/mol. The molecule has 0 aliphatic heterocycles. The van der Waals surface area contributed by atoms with Crippen LogP contribution in [0.25, 0.3) is 0 Å². The van der Waals surface area contributed by atoms with Crippen LogP contribution in [0.3, 0.4) is 0 Å². The van der Waals surface area contributed by atoms with E-state index in [1.807, 2.05) is 0 Å². The molecule has 1 aromatic heterocycles. The standard InChI is InChI=1S/C11H20N2OS/c1-11(2,14-3)7-10(13-12)6-9-4-5-15-8-9/h4-5,8,10,13H,6-7,12H2,1-3H3. The Morgan fingerprint density at radius 1 is 1.60 bits per heavy atom. The zero-order valence-corrected chi connectivity index (χ0v) is 10.4. The van der Waals surface area contributed by atoms with Crippen molar-refractivity contribution >= 4 is 11.3 Å². The maximum atomic E-state index is 5.55. The van der Waals surface area contributed by atoms with Gasteiger partial charge in [-0.2, -0.15) is 11.3 Å². The highest BCUT2D eigenvalue weighted by atomic mass is 32.1. The Balaban J connectivity index is 2.50. The van der Waals surface area contributed by atoms with Crippen molar-refractivity contribution in [3.8, 4) is 0 Å². The van der Waals surface area contributed by atoms with E-state index in [2.05, 4.69) is 36.1 Å². The van der Waals surface area contributed by atoms with Gasteiger partial charge in [-0.15, -0.1) is 0 Å². The van der Waals surface area contributed by atoms with Crippen molar-refractivity contribution in [1.29, 1.82) is 0 Å². The van der Waals surface area contributed by atoms with Gasteiger partial charge in [0.05, 0.1) is 5.60 Å². The van der Waals surface area contributed by atoms with Gasteiger partial charge < -0.3 is 4.74 Å². The Kier molecular flexibility index (Phi) is 4.73. The maximum Gasteiger partial charge on any atom is 0.0638 e. The van der Waals surface area contributed by atoms with Crippen LogP contribution in [0.5, 0.6) is 0 Å². The highest BCUT2D eigenvalue weighted by Crippen LogP contribution is 2.18. The first-order chi connectivity index (χ1) is 7.07. The number of nitrogens with two attached hydrogens (primary N) is 1. The smallest absolute Gasteiger partial charge is 0.0638 e. The predicted octanol–water partition coefficient (Wildman–Crippen LogP) is 1.94. The van der Waals surface area contributed by atoms with E-state index in [9.17, 15) is 0 Å². The molecule has 4 heteroatoms. The van der Waals surface area contributed by atoms with Crippen LogP contribution in [0, 0.1) is 0 Å². The molecule has 0 spiro atoms. The van der Waals surface area contributed by atoms with E-state index in [1.54, 1.807) is 18.4 Å². The quantitative estimate of drug-likeness (QED) is 0.578. The van der Waals surface area contributed by atoms with E-state index in [-0.39, 0.29) is 11.6 Å². The first-order valence-corrected chi connectivity index (χ1v) is 6.04. The van der Waals surface area contributed by atoms with Crippen molar-refractivity contribution in [2.45, 2.75) is 38.3 Å². The van der Waals surface area contributed by atoms with E-state index in [1.165, 1.54) is 5.56 Å². The third-order valence-electron chi connectivity index (χ3n) is 2.59. The molecule has 0 saturated carbocycles. The summed E-state index contributed by atoms with van der Waals surface area (Å²) in [7, 11) is 1.73. The number of thiophene rings is 1. The Morgan fingerprint density at radius 3 is 2.80 bits per heavy atom. The van der Waals surface area contributed by atoms with Crippen LogP contribution in [0.15, 0.2) is 16.8 Å². The summed E-state index contributed by atoms with van der Waals surface area (Å²) in [6.45, 7) is 4.15. The molecule has 0 aromatic carbocycles. The molecule has 0 saturated heterocycles. The van der Waals surface area contributed by atoms with Crippen molar-refractivity contribution in [2.75, 3.05) is 7.11 Å². The van der Waals surface area contributed by atoms with Crippen LogP contribution >= 0.6 is 11.3 Å². The highest BCUT2D eigenvalue weighted by molar-refractivity contribution is 7.07. The summed E-state index contributed by atoms with van der Waals surface area (Å²) in [5, 5.41) is 4.24. The summed E-state index contributed by atoms with van der Waals surface area (Å²) in [6, 6.07) is 2.39. The van der Waals surface area contributed by atoms with Crippen LogP contribution in [0.1, 0.15) is 25.8 Å². The number of rotatable bonds is 6. The second-order valence-electron chi connectivity index (χ2n) is 4.37. The summed E-state index contributed by atoms with van der Waals surface area (Å²) < 4.78 is 5.40. The molecule has 0 amide bonds. The average molecular weight is 228 g/mol. The molecule has 1 rings (SSSR count). The van der Waals surface area contributed by atoms with Crippen molar-refractivity contribution in [3.63, 3.8) is 0 Å². The molecule has 1 aromatic rings. The zero-order chi connectivity index (χ0) is 11.3. The van der Waals surface area contributed by atoms with Crippen LogP contribution < -0.4 is 11.3 Å². The fraction of sp³-hybridized carbons (Fsp3) is 0.636. The molecule has 0 aliphatic carbocycles. The van der Waals surface area contributed by atoms with Crippen molar-refractivity contribution in [2.24, 2.45) is 5.84 Å². The van der Waals surface area contributed by atoms with Gasteiger partial charge in [0, 0.05) is 13.2 Å². The Morgan fingerprint density at radius 2 is 2.33 bits per heavy atom. The first kappa shape index (κ1) is 12.6. The highest BCUT2D eigenvalue weighted by Gasteiger charge is 2.22. The van der Waals surface area contributed by atoms with Gasteiger partial charge in [-0.05, 0) is 49.1 Å². The lowest BCUT2D eigenvalue weighted by Crippen LogP contribution is -2.42. The van der Waals surface area contributed by atoms with Crippen molar-refractivity contribution in [1.82, 2.24) is 5.43 Å². The number of ether oxygens (including phenoxy) is 1. The van der Waals surface area contributed by atoms with Crippen molar-refractivity contribution < 1.29 is 4.74 Å².